The first-order chi connectivity index (χ1) is 11.9. The Bertz CT molecular complexity index is 841. The fourth-order valence-corrected chi connectivity index (χ4v) is 4.04. The number of aliphatic imine (C=N–C) groups is 1. The van der Waals surface area contributed by atoms with E-state index < -0.39 is 0 Å². The van der Waals surface area contributed by atoms with Crippen LogP contribution in [0.25, 0.3) is 11.0 Å². The summed E-state index contributed by atoms with van der Waals surface area (Å²) < 4.78 is 2.12. The third-order valence-electron chi connectivity index (χ3n) is 5.71. The molecule has 0 spiro atoms. The maximum absolute atomic E-state index is 4.72. The molecule has 2 aliphatic carbocycles. The van der Waals surface area contributed by atoms with Crippen LogP contribution in [0.4, 0.5) is 5.69 Å². The molecule has 124 valence electrons. The van der Waals surface area contributed by atoms with Gasteiger partial charge in [0.15, 0.2) is 0 Å². The highest BCUT2D eigenvalue weighted by atomic mass is 15.3. The van der Waals surface area contributed by atoms with Crippen molar-refractivity contribution in [3.63, 3.8) is 0 Å². The van der Waals surface area contributed by atoms with Crippen LogP contribution < -0.4 is 5.32 Å². The first-order valence-electron chi connectivity index (χ1n) is 9.21. The van der Waals surface area contributed by atoms with E-state index in [9.17, 15) is 0 Å². The van der Waals surface area contributed by atoms with E-state index in [4.69, 9.17) is 4.99 Å². The van der Waals surface area contributed by atoms with E-state index in [0.717, 1.165) is 48.0 Å². The van der Waals surface area contributed by atoms with E-state index in [2.05, 4.69) is 26.1 Å². The predicted molar refractivity (Wildman–Crippen MR) is 96.3 cm³/mol. The summed E-state index contributed by atoms with van der Waals surface area (Å²) in [5, 5.41) is 8.06. The minimum absolute atomic E-state index is 0.791. The van der Waals surface area contributed by atoms with Crippen molar-refractivity contribution in [1.29, 1.82) is 0 Å². The second kappa shape index (κ2) is 5.72. The van der Waals surface area contributed by atoms with Crippen molar-refractivity contribution < 1.29 is 0 Å². The van der Waals surface area contributed by atoms with Crippen LogP contribution in [0.3, 0.4) is 0 Å². The lowest BCUT2D eigenvalue weighted by Crippen LogP contribution is -2.18. The van der Waals surface area contributed by atoms with Crippen molar-refractivity contribution in [1.82, 2.24) is 14.8 Å². The molecule has 0 unspecified atom stereocenters. The number of fused-ring (bicyclic) bond motifs is 1. The van der Waals surface area contributed by atoms with Crippen LogP contribution in [-0.2, 0) is 6.54 Å². The fourth-order valence-electron chi connectivity index (χ4n) is 4.04. The highest BCUT2D eigenvalue weighted by molar-refractivity contribution is 6.10. The van der Waals surface area contributed by atoms with Gasteiger partial charge in [-0.1, -0.05) is 6.42 Å². The molecule has 5 nitrogen and oxygen atoms in total. The lowest BCUT2D eigenvalue weighted by Gasteiger charge is -2.25. The molecule has 0 aromatic carbocycles. The van der Waals surface area contributed by atoms with E-state index in [1.54, 1.807) is 0 Å². The van der Waals surface area contributed by atoms with Gasteiger partial charge in [0.2, 0.25) is 0 Å². The number of nitrogens with one attached hydrogen (secondary N) is 1. The van der Waals surface area contributed by atoms with Crippen LogP contribution in [0, 0.1) is 5.92 Å². The van der Waals surface area contributed by atoms with Gasteiger partial charge in [0, 0.05) is 6.54 Å². The minimum Gasteiger partial charge on any atom is -0.339 e. The summed E-state index contributed by atoms with van der Waals surface area (Å²) in [7, 11) is 0. The Hall–Kier alpha value is -2.17. The molecule has 0 amide bonds. The normalized spacial score (nSPS) is 20.9. The number of anilines is 1. The van der Waals surface area contributed by atoms with Crippen LogP contribution in [-0.4, -0.2) is 27.1 Å². The summed E-state index contributed by atoms with van der Waals surface area (Å²) in [6.07, 6.45) is 12.8. The molecule has 0 atom stereocenters. The molecule has 3 aliphatic rings. The monoisotopic (exact) mass is 321 g/mol. The zero-order valence-electron chi connectivity index (χ0n) is 14.0. The zero-order valence-corrected chi connectivity index (χ0v) is 14.0. The number of rotatable bonds is 3. The topological polar surface area (TPSA) is 55.1 Å². The SMILES string of the molecule is c1nc2cnn(CC3CCC3)c2cc1NC1=NCC2=C1CCCC2. The van der Waals surface area contributed by atoms with Crippen LogP contribution in [0.2, 0.25) is 0 Å². The summed E-state index contributed by atoms with van der Waals surface area (Å²) in [6, 6.07) is 2.18. The smallest absolute Gasteiger partial charge is 0.128 e. The molecule has 1 saturated carbocycles. The Morgan fingerprint density at radius 3 is 2.92 bits per heavy atom. The summed E-state index contributed by atoms with van der Waals surface area (Å²) in [5.41, 5.74) is 6.11. The number of amidine groups is 1. The van der Waals surface area contributed by atoms with E-state index in [0.29, 0.717) is 0 Å². The first kappa shape index (κ1) is 14.2. The average molecular weight is 321 g/mol. The Morgan fingerprint density at radius 2 is 2.04 bits per heavy atom. The van der Waals surface area contributed by atoms with Gasteiger partial charge in [-0.2, -0.15) is 5.10 Å². The molecule has 24 heavy (non-hydrogen) atoms. The van der Waals surface area contributed by atoms with Gasteiger partial charge < -0.3 is 5.32 Å². The molecule has 0 saturated heterocycles. The molecule has 5 rings (SSSR count). The second-order valence-corrected chi connectivity index (χ2v) is 7.33. The predicted octanol–water partition coefficient (Wildman–Crippen LogP) is 3.93. The number of pyridine rings is 1. The maximum atomic E-state index is 4.72. The van der Waals surface area contributed by atoms with Gasteiger partial charge in [0.05, 0.1) is 30.1 Å². The van der Waals surface area contributed by atoms with Crippen molar-refractivity contribution in [2.24, 2.45) is 10.9 Å². The maximum Gasteiger partial charge on any atom is 0.128 e. The Labute approximate surface area is 141 Å². The van der Waals surface area contributed by atoms with Gasteiger partial charge in [0.25, 0.3) is 0 Å². The third-order valence-corrected chi connectivity index (χ3v) is 5.71. The second-order valence-electron chi connectivity index (χ2n) is 7.33. The van der Waals surface area contributed by atoms with E-state index >= 15 is 0 Å². The molecular weight excluding hydrogens is 298 g/mol. The summed E-state index contributed by atoms with van der Waals surface area (Å²) in [6.45, 7) is 1.90. The number of hydrogen-bond donors (Lipinski definition) is 1. The lowest BCUT2D eigenvalue weighted by atomic mass is 9.85. The largest absolute Gasteiger partial charge is 0.339 e. The van der Waals surface area contributed by atoms with Crippen molar-refractivity contribution >= 4 is 22.6 Å². The van der Waals surface area contributed by atoms with Crippen molar-refractivity contribution in [2.45, 2.75) is 51.5 Å². The van der Waals surface area contributed by atoms with E-state index in [1.807, 2.05) is 12.4 Å². The Kier molecular flexibility index (Phi) is 3.39. The highest BCUT2D eigenvalue weighted by Crippen LogP contribution is 2.31. The van der Waals surface area contributed by atoms with Crippen molar-refractivity contribution in [3.8, 4) is 0 Å². The summed E-state index contributed by atoms with van der Waals surface area (Å²) in [5.74, 6) is 1.86. The van der Waals surface area contributed by atoms with Gasteiger partial charge >= 0.3 is 0 Å². The quantitative estimate of drug-likeness (QED) is 0.932. The number of nitrogens with zero attached hydrogens (tertiary/aromatic N) is 4. The highest BCUT2D eigenvalue weighted by Gasteiger charge is 2.23. The van der Waals surface area contributed by atoms with Crippen molar-refractivity contribution in [2.75, 3.05) is 11.9 Å². The van der Waals surface area contributed by atoms with Gasteiger partial charge in [-0.25, -0.2) is 0 Å². The molecule has 1 aliphatic heterocycles. The minimum atomic E-state index is 0.791. The lowest BCUT2D eigenvalue weighted by molar-refractivity contribution is 0.270. The molecule has 1 fully saturated rings. The van der Waals surface area contributed by atoms with Crippen LogP contribution >= 0.6 is 0 Å². The Morgan fingerprint density at radius 1 is 1.12 bits per heavy atom. The van der Waals surface area contributed by atoms with E-state index in [-0.39, 0.29) is 0 Å². The van der Waals surface area contributed by atoms with Crippen LogP contribution in [0.5, 0.6) is 0 Å². The summed E-state index contributed by atoms with van der Waals surface area (Å²) in [4.78, 5) is 9.30. The Balaban J connectivity index is 1.41. The zero-order chi connectivity index (χ0) is 15.9. The fraction of sp³-hybridized carbons (Fsp3) is 0.526. The standard InChI is InChI=1S/C19H23N5/c1-2-7-16-14(6-1)9-21-19(16)23-15-8-18-17(20-10-15)11-22-24(18)12-13-4-3-5-13/h8,10-11,13H,1-7,9,12H2,(H,21,23). The number of hydrogen-bond acceptors (Lipinski definition) is 4. The van der Waals surface area contributed by atoms with Crippen LogP contribution in [0.15, 0.2) is 34.6 Å². The first-order valence-corrected chi connectivity index (χ1v) is 9.21. The van der Waals surface area contributed by atoms with Crippen LogP contribution in [0.1, 0.15) is 44.9 Å². The molecule has 5 heteroatoms. The summed E-state index contributed by atoms with van der Waals surface area (Å²) >= 11 is 0. The molecule has 1 N–H and O–H groups in total. The molecule has 0 bridgehead atoms. The van der Waals surface area contributed by atoms with E-state index in [1.165, 1.54) is 49.7 Å². The third kappa shape index (κ3) is 2.43. The molecule has 3 heterocycles. The average Bonchev–Trinajstić information content (AvgIpc) is 3.16. The van der Waals surface area contributed by atoms with Gasteiger partial charge in [-0.15, -0.1) is 0 Å². The molecule has 2 aromatic heterocycles. The molecule has 2 aromatic rings. The molecular formula is C19H23N5. The number of aromatic nitrogens is 3. The van der Waals surface area contributed by atoms with Gasteiger partial charge in [0.1, 0.15) is 11.4 Å². The molecule has 0 radical (unpaired) electrons. The van der Waals surface area contributed by atoms with Crippen molar-refractivity contribution in [3.05, 3.63) is 29.6 Å². The van der Waals surface area contributed by atoms with Gasteiger partial charge in [-0.05, 0) is 61.7 Å². The van der Waals surface area contributed by atoms with Gasteiger partial charge in [-0.3, -0.25) is 14.7 Å².